The normalized spacial score (nSPS) is 10.9. The Morgan fingerprint density at radius 3 is 2.71 bits per heavy atom. The van der Waals surface area contributed by atoms with Gasteiger partial charge in [-0.15, -0.1) is 10.2 Å². The molecule has 0 unspecified atom stereocenters. The van der Waals surface area contributed by atoms with Crippen molar-refractivity contribution in [3.63, 3.8) is 0 Å². The first-order valence-corrected chi connectivity index (χ1v) is 9.86. The van der Waals surface area contributed by atoms with Gasteiger partial charge in [0.1, 0.15) is 0 Å². The summed E-state index contributed by atoms with van der Waals surface area (Å²) in [4.78, 5) is 21.0. The van der Waals surface area contributed by atoms with E-state index >= 15 is 0 Å². The molecule has 3 heterocycles. The lowest BCUT2D eigenvalue weighted by molar-refractivity contribution is -0.113. The van der Waals surface area contributed by atoms with E-state index < -0.39 is 0 Å². The van der Waals surface area contributed by atoms with Crippen molar-refractivity contribution in [2.75, 3.05) is 11.1 Å². The van der Waals surface area contributed by atoms with Crippen LogP contribution >= 0.6 is 11.8 Å². The molecule has 7 nitrogen and oxygen atoms in total. The van der Waals surface area contributed by atoms with Gasteiger partial charge in [-0.1, -0.05) is 30.0 Å². The van der Waals surface area contributed by atoms with Crippen LogP contribution in [0.1, 0.15) is 6.92 Å². The predicted octanol–water partition coefficient (Wildman–Crippen LogP) is 3.64. The highest BCUT2D eigenvalue weighted by atomic mass is 32.2. The van der Waals surface area contributed by atoms with Gasteiger partial charge in [-0.3, -0.25) is 14.8 Å². The molecule has 0 bridgehead atoms. The molecule has 0 fully saturated rings. The summed E-state index contributed by atoms with van der Waals surface area (Å²) in [6.45, 7) is 2.71. The lowest BCUT2D eigenvalue weighted by atomic mass is 10.2. The van der Waals surface area contributed by atoms with Gasteiger partial charge in [0.05, 0.1) is 16.8 Å². The Hall–Kier alpha value is -3.26. The fraction of sp³-hybridized carbons (Fsp3) is 0.150. The number of rotatable bonds is 6. The Morgan fingerprint density at radius 1 is 1.04 bits per heavy atom. The second-order valence-corrected chi connectivity index (χ2v) is 6.93. The Balaban J connectivity index is 1.55. The van der Waals surface area contributed by atoms with Gasteiger partial charge in [-0.05, 0) is 37.3 Å². The van der Waals surface area contributed by atoms with Gasteiger partial charge in [0.25, 0.3) is 0 Å². The number of amides is 1. The van der Waals surface area contributed by atoms with Gasteiger partial charge >= 0.3 is 0 Å². The van der Waals surface area contributed by atoms with Crippen LogP contribution in [-0.2, 0) is 11.3 Å². The summed E-state index contributed by atoms with van der Waals surface area (Å²) in [5, 5.41) is 12.2. The minimum Gasteiger partial charge on any atom is -0.325 e. The lowest BCUT2D eigenvalue weighted by Crippen LogP contribution is -2.14. The molecule has 0 spiro atoms. The first kappa shape index (κ1) is 18.1. The summed E-state index contributed by atoms with van der Waals surface area (Å²) < 4.78 is 1.99. The quantitative estimate of drug-likeness (QED) is 0.506. The number of nitrogens with one attached hydrogen (secondary N) is 1. The predicted molar refractivity (Wildman–Crippen MR) is 110 cm³/mol. The molecule has 4 rings (SSSR count). The molecule has 0 aliphatic carbocycles. The molecule has 1 N–H and O–H groups in total. The molecular weight excluding hydrogens is 372 g/mol. The molecule has 0 radical (unpaired) electrons. The van der Waals surface area contributed by atoms with Crippen molar-refractivity contribution in [3.8, 4) is 11.4 Å². The smallest absolute Gasteiger partial charge is 0.234 e. The van der Waals surface area contributed by atoms with Crippen molar-refractivity contribution in [1.29, 1.82) is 0 Å². The summed E-state index contributed by atoms with van der Waals surface area (Å²) in [7, 11) is 0. The van der Waals surface area contributed by atoms with E-state index in [4.69, 9.17) is 0 Å². The number of para-hydroxylation sites is 1. The van der Waals surface area contributed by atoms with E-state index in [2.05, 4.69) is 25.5 Å². The Morgan fingerprint density at radius 2 is 1.89 bits per heavy atom. The van der Waals surface area contributed by atoms with Crippen LogP contribution in [0.25, 0.3) is 22.4 Å². The van der Waals surface area contributed by atoms with Gasteiger partial charge in [0, 0.05) is 30.2 Å². The number of carbonyl (C=O) groups is 1. The molecule has 0 aliphatic heterocycles. The van der Waals surface area contributed by atoms with E-state index in [1.54, 1.807) is 12.4 Å². The highest BCUT2D eigenvalue weighted by Gasteiger charge is 2.17. The summed E-state index contributed by atoms with van der Waals surface area (Å²) in [5.74, 6) is 0.890. The molecule has 3 aromatic heterocycles. The van der Waals surface area contributed by atoms with Crippen LogP contribution in [0.15, 0.2) is 66.1 Å². The van der Waals surface area contributed by atoms with Crippen molar-refractivity contribution < 1.29 is 4.79 Å². The highest BCUT2D eigenvalue weighted by molar-refractivity contribution is 7.99. The second-order valence-electron chi connectivity index (χ2n) is 5.98. The molecular formula is C20H18N6OS. The van der Waals surface area contributed by atoms with Crippen molar-refractivity contribution in [3.05, 3.63) is 60.9 Å². The zero-order valence-electron chi connectivity index (χ0n) is 15.2. The third-order valence-corrected chi connectivity index (χ3v) is 5.13. The third-order valence-electron chi connectivity index (χ3n) is 4.16. The van der Waals surface area contributed by atoms with Gasteiger partial charge in [-0.25, -0.2) is 0 Å². The van der Waals surface area contributed by atoms with Crippen molar-refractivity contribution in [1.82, 2.24) is 24.7 Å². The van der Waals surface area contributed by atoms with E-state index in [0.717, 1.165) is 28.1 Å². The lowest BCUT2D eigenvalue weighted by Gasteiger charge is -2.09. The number of carbonyl (C=O) groups excluding carboxylic acids is 1. The van der Waals surface area contributed by atoms with Gasteiger partial charge in [0.2, 0.25) is 5.91 Å². The van der Waals surface area contributed by atoms with Crippen molar-refractivity contribution >= 4 is 34.4 Å². The first-order chi connectivity index (χ1) is 13.8. The van der Waals surface area contributed by atoms with Crippen LogP contribution in [0, 0.1) is 0 Å². The Kier molecular flexibility index (Phi) is 5.29. The number of hydrogen-bond acceptors (Lipinski definition) is 6. The van der Waals surface area contributed by atoms with E-state index in [9.17, 15) is 4.79 Å². The summed E-state index contributed by atoms with van der Waals surface area (Å²) in [6.07, 6.45) is 3.48. The van der Waals surface area contributed by atoms with Crippen molar-refractivity contribution in [2.24, 2.45) is 0 Å². The van der Waals surface area contributed by atoms with E-state index in [1.807, 2.05) is 60.0 Å². The molecule has 1 amide bonds. The summed E-state index contributed by atoms with van der Waals surface area (Å²) >= 11 is 1.36. The summed E-state index contributed by atoms with van der Waals surface area (Å²) in [5.41, 5.74) is 3.24. The van der Waals surface area contributed by atoms with Gasteiger partial charge < -0.3 is 9.88 Å². The fourth-order valence-corrected chi connectivity index (χ4v) is 3.69. The molecule has 0 atom stereocenters. The Bertz CT molecular complexity index is 1110. The minimum atomic E-state index is -0.0839. The molecule has 28 heavy (non-hydrogen) atoms. The molecule has 140 valence electrons. The fourth-order valence-electron chi connectivity index (χ4n) is 2.89. The maximum atomic E-state index is 12.2. The number of thioether (sulfide) groups is 1. The molecule has 0 aliphatic rings. The van der Waals surface area contributed by atoms with Crippen LogP contribution in [0.5, 0.6) is 0 Å². The van der Waals surface area contributed by atoms with E-state index in [-0.39, 0.29) is 11.7 Å². The minimum absolute atomic E-state index is 0.0839. The zero-order chi connectivity index (χ0) is 19.3. The Labute approximate surface area is 166 Å². The number of anilines is 1. The van der Waals surface area contributed by atoms with Crippen LogP contribution in [0.2, 0.25) is 0 Å². The van der Waals surface area contributed by atoms with Crippen molar-refractivity contribution in [2.45, 2.75) is 18.6 Å². The molecule has 1 aromatic carbocycles. The zero-order valence-corrected chi connectivity index (χ0v) is 16.1. The monoisotopic (exact) mass is 390 g/mol. The maximum Gasteiger partial charge on any atom is 0.234 e. The molecule has 8 heteroatoms. The first-order valence-electron chi connectivity index (χ1n) is 8.87. The number of aromatic nitrogens is 5. The van der Waals surface area contributed by atoms with Crippen LogP contribution < -0.4 is 5.32 Å². The number of nitrogens with zero attached hydrogens (tertiary/aromatic N) is 5. The molecule has 4 aromatic rings. The molecule has 0 saturated heterocycles. The second kappa shape index (κ2) is 8.18. The number of pyridine rings is 2. The van der Waals surface area contributed by atoms with E-state index in [0.29, 0.717) is 11.7 Å². The van der Waals surface area contributed by atoms with E-state index in [1.165, 1.54) is 11.8 Å². The van der Waals surface area contributed by atoms with Crippen LogP contribution in [0.3, 0.4) is 0 Å². The average molecular weight is 390 g/mol. The standard InChI is InChI=1S/C20H18N6OS/c1-2-26-19(15-10-12-21-16-9-6-11-22-18(15)16)24-25-20(26)28-13-17(27)23-14-7-4-3-5-8-14/h3-12H,2,13H2,1H3,(H,23,27). The number of benzene rings is 1. The SMILES string of the molecule is CCn1c(SCC(=O)Nc2ccccc2)nnc1-c1ccnc2cccnc12. The largest absolute Gasteiger partial charge is 0.325 e. The third kappa shape index (κ3) is 3.72. The van der Waals surface area contributed by atoms with Gasteiger partial charge in [-0.2, -0.15) is 0 Å². The maximum absolute atomic E-state index is 12.2. The van der Waals surface area contributed by atoms with Crippen LogP contribution in [0.4, 0.5) is 5.69 Å². The number of hydrogen-bond donors (Lipinski definition) is 1. The summed E-state index contributed by atoms with van der Waals surface area (Å²) in [6, 6.07) is 15.1. The average Bonchev–Trinajstić information content (AvgIpc) is 3.15. The molecule has 0 saturated carbocycles. The van der Waals surface area contributed by atoms with Gasteiger partial charge in [0.15, 0.2) is 11.0 Å². The topological polar surface area (TPSA) is 85.6 Å². The highest BCUT2D eigenvalue weighted by Crippen LogP contribution is 2.28. The van der Waals surface area contributed by atoms with Crippen LogP contribution in [-0.4, -0.2) is 36.4 Å². The number of fused-ring (bicyclic) bond motifs is 1.